The molecule has 0 aromatic heterocycles. The van der Waals surface area contributed by atoms with Crippen molar-refractivity contribution in [3.05, 3.63) is 11.8 Å². The van der Waals surface area contributed by atoms with Gasteiger partial charge in [-0.1, -0.05) is 6.92 Å². The Labute approximate surface area is 183 Å². The number of rotatable bonds is 3. The lowest BCUT2D eigenvalue weighted by Gasteiger charge is -2.56. The number of alkyl halides is 3. The van der Waals surface area contributed by atoms with E-state index in [2.05, 4.69) is 4.90 Å². The molecule has 4 fully saturated rings. The standard InChI is InChI=1S/C23H34F3NO3S/c1-22-11-10-18-17-7-5-16(27-12-2-3-13-27)14-15(17)4-6-19(18)20(22)8-9-21(22)30-31(28,29)23(24,25)26/h9,15-20H,2-8,10-14H2,1H3/t15-,16-,17-,18+,19+,20-,22-/m0/s1. The summed E-state index contributed by atoms with van der Waals surface area (Å²) >= 11 is 0. The van der Waals surface area contributed by atoms with Crippen LogP contribution in [0.2, 0.25) is 0 Å². The maximum Gasteiger partial charge on any atom is 0.534 e. The lowest BCUT2D eigenvalue weighted by molar-refractivity contribution is -0.0673. The quantitative estimate of drug-likeness (QED) is 0.413. The Bertz CT molecular complexity index is 835. The summed E-state index contributed by atoms with van der Waals surface area (Å²) in [5.74, 6) is 2.83. The van der Waals surface area contributed by atoms with E-state index in [1.807, 2.05) is 6.92 Å². The third kappa shape index (κ3) is 3.64. The Balaban J connectivity index is 1.28. The van der Waals surface area contributed by atoms with Crippen LogP contribution in [-0.2, 0) is 14.3 Å². The average Bonchev–Trinajstić information content (AvgIpc) is 3.35. The lowest BCUT2D eigenvalue weighted by Crippen LogP contribution is -2.50. The highest BCUT2D eigenvalue weighted by Gasteiger charge is 2.58. The van der Waals surface area contributed by atoms with Gasteiger partial charge in [-0.05, 0) is 113 Å². The van der Waals surface area contributed by atoms with Crippen molar-refractivity contribution in [3.63, 3.8) is 0 Å². The fourth-order valence-electron chi connectivity index (χ4n) is 8.09. The Morgan fingerprint density at radius 2 is 1.74 bits per heavy atom. The minimum Gasteiger partial charge on any atom is -0.380 e. The van der Waals surface area contributed by atoms with Crippen LogP contribution in [0.15, 0.2) is 11.8 Å². The molecule has 7 atom stereocenters. The monoisotopic (exact) mass is 461 g/mol. The fourth-order valence-corrected chi connectivity index (χ4v) is 8.68. The summed E-state index contributed by atoms with van der Waals surface area (Å²) in [5, 5.41) is 0. The molecule has 0 spiro atoms. The van der Waals surface area contributed by atoms with E-state index in [1.165, 1.54) is 51.6 Å². The maximum atomic E-state index is 12.9. The number of likely N-dealkylation sites (tertiary alicyclic amines) is 1. The number of hydrogen-bond acceptors (Lipinski definition) is 4. The zero-order valence-corrected chi connectivity index (χ0v) is 19.1. The smallest absolute Gasteiger partial charge is 0.380 e. The summed E-state index contributed by atoms with van der Waals surface area (Å²) in [6, 6.07) is 0.745. The number of nitrogens with zero attached hydrogens (tertiary/aromatic N) is 1. The van der Waals surface area contributed by atoms with Gasteiger partial charge < -0.3 is 9.08 Å². The van der Waals surface area contributed by atoms with Crippen LogP contribution in [0.25, 0.3) is 0 Å². The molecule has 1 aliphatic heterocycles. The van der Waals surface area contributed by atoms with Gasteiger partial charge in [-0.25, -0.2) is 0 Å². The lowest BCUT2D eigenvalue weighted by atomic mass is 9.50. The predicted octanol–water partition coefficient (Wildman–Crippen LogP) is 5.46. The molecule has 5 aliphatic rings. The van der Waals surface area contributed by atoms with Gasteiger partial charge in [0.2, 0.25) is 0 Å². The average molecular weight is 462 g/mol. The molecule has 0 aromatic carbocycles. The SMILES string of the molecule is C[C@]12CC[C@H]3[C@@H](CC[C@H]4C[C@@H](N5CCCC5)CC[C@@H]43)[C@@H]1CC=C2OS(=O)(=O)C(F)(F)F. The van der Waals surface area contributed by atoms with Crippen LogP contribution >= 0.6 is 0 Å². The van der Waals surface area contributed by atoms with E-state index in [-0.39, 0.29) is 11.7 Å². The Hall–Kier alpha value is -0.760. The van der Waals surface area contributed by atoms with Gasteiger partial charge in [0.1, 0.15) is 5.76 Å². The van der Waals surface area contributed by atoms with Gasteiger partial charge in [-0.3, -0.25) is 0 Å². The molecule has 0 unspecified atom stereocenters. The van der Waals surface area contributed by atoms with Crippen LogP contribution in [0.4, 0.5) is 13.2 Å². The van der Waals surface area contributed by atoms with E-state index in [1.54, 1.807) is 6.08 Å². The fraction of sp³-hybridized carbons (Fsp3) is 0.913. The van der Waals surface area contributed by atoms with Crippen LogP contribution in [0.5, 0.6) is 0 Å². The first-order valence-corrected chi connectivity index (χ1v) is 13.5. The van der Waals surface area contributed by atoms with Crippen LogP contribution in [0.1, 0.15) is 71.1 Å². The highest BCUT2D eigenvalue weighted by molar-refractivity contribution is 7.87. The first-order chi connectivity index (χ1) is 14.6. The molecule has 3 saturated carbocycles. The molecule has 4 aliphatic carbocycles. The Morgan fingerprint density at radius 3 is 2.45 bits per heavy atom. The molecule has 8 heteroatoms. The van der Waals surface area contributed by atoms with Gasteiger partial charge in [0.05, 0.1) is 0 Å². The molecule has 176 valence electrons. The van der Waals surface area contributed by atoms with Crippen molar-refractivity contribution in [2.24, 2.45) is 35.0 Å². The maximum absolute atomic E-state index is 12.9. The number of hydrogen-bond donors (Lipinski definition) is 0. The van der Waals surface area contributed by atoms with Crippen LogP contribution in [0, 0.1) is 35.0 Å². The van der Waals surface area contributed by atoms with Gasteiger partial charge in [-0.2, -0.15) is 21.6 Å². The second-order valence-electron chi connectivity index (χ2n) is 10.9. The molecule has 1 saturated heterocycles. The van der Waals surface area contributed by atoms with Crippen LogP contribution in [-0.4, -0.2) is 38.0 Å². The third-order valence-corrected chi connectivity index (χ3v) is 10.5. The predicted molar refractivity (Wildman–Crippen MR) is 111 cm³/mol. The molecule has 1 heterocycles. The van der Waals surface area contributed by atoms with E-state index >= 15 is 0 Å². The van der Waals surface area contributed by atoms with Crippen LogP contribution < -0.4 is 0 Å². The summed E-state index contributed by atoms with van der Waals surface area (Å²) < 4.78 is 66.7. The van der Waals surface area contributed by atoms with Crippen molar-refractivity contribution in [2.75, 3.05) is 13.1 Å². The van der Waals surface area contributed by atoms with Crippen molar-refractivity contribution in [2.45, 2.75) is 82.7 Å². The van der Waals surface area contributed by atoms with E-state index in [4.69, 9.17) is 4.18 Å². The van der Waals surface area contributed by atoms with Gasteiger partial charge in [-0.15, -0.1) is 0 Å². The summed E-state index contributed by atoms with van der Waals surface area (Å²) in [4.78, 5) is 2.70. The second-order valence-corrected chi connectivity index (χ2v) is 12.4. The van der Waals surface area contributed by atoms with E-state index < -0.39 is 21.0 Å². The number of allylic oxidation sites excluding steroid dienone is 2. The zero-order chi connectivity index (χ0) is 22.0. The summed E-state index contributed by atoms with van der Waals surface area (Å²) in [7, 11) is -5.61. The topological polar surface area (TPSA) is 46.6 Å². The molecule has 0 aromatic rings. The molecule has 0 N–H and O–H groups in total. The molecule has 4 nitrogen and oxygen atoms in total. The molecule has 5 rings (SSSR count). The minimum atomic E-state index is -5.61. The van der Waals surface area contributed by atoms with Crippen molar-refractivity contribution < 1.29 is 25.8 Å². The van der Waals surface area contributed by atoms with Gasteiger partial charge >= 0.3 is 15.6 Å². The summed E-state index contributed by atoms with van der Waals surface area (Å²) in [5.41, 5.74) is -5.98. The van der Waals surface area contributed by atoms with E-state index in [9.17, 15) is 21.6 Å². The second kappa shape index (κ2) is 7.64. The number of fused-ring (bicyclic) bond motifs is 5. The minimum absolute atomic E-state index is 0.0353. The first kappa shape index (κ1) is 22.1. The third-order valence-electron chi connectivity index (χ3n) is 9.58. The highest BCUT2D eigenvalue weighted by Crippen LogP contribution is 2.63. The highest BCUT2D eigenvalue weighted by atomic mass is 32.2. The van der Waals surface area contributed by atoms with Crippen LogP contribution in [0.3, 0.4) is 0 Å². The van der Waals surface area contributed by atoms with E-state index in [0.29, 0.717) is 18.3 Å². The Morgan fingerprint density at radius 1 is 1.03 bits per heavy atom. The molecular formula is C23H34F3NO3S. The van der Waals surface area contributed by atoms with Gasteiger partial charge in [0, 0.05) is 11.5 Å². The molecule has 0 amide bonds. The van der Waals surface area contributed by atoms with E-state index in [0.717, 1.165) is 37.1 Å². The van der Waals surface area contributed by atoms with Gasteiger partial charge in [0.15, 0.2) is 0 Å². The van der Waals surface area contributed by atoms with Crippen molar-refractivity contribution in [3.8, 4) is 0 Å². The van der Waals surface area contributed by atoms with Crippen molar-refractivity contribution >= 4 is 10.1 Å². The normalized spacial score (nSPS) is 43.7. The largest absolute Gasteiger partial charge is 0.534 e. The first-order valence-electron chi connectivity index (χ1n) is 12.1. The molecule has 0 bridgehead atoms. The summed E-state index contributed by atoms with van der Waals surface area (Å²) in [6.07, 6.45) is 12.8. The van der Waals surface area contributed by atoms with Crippen molar-refractivity contribution in [1.29, 1.82) is 0 Å². The molecule has 0 radical (unpaired) electrons. The Kier molecular flexibility index (Phi) is 5.44. The number of halogens is 3. The summed E-state index contributed by atoms with van der Waals surface area (Å²) in [6.45, 7) is 4.43. The molecule has 31 heavy (non-hydrogen) atoms. The zero-order valence-electron chi connectivity index (χ0n) is 18.2. The molecular weight excluding hydrogens is 427 g/mol. The van der Waals surface area contributed by atoms with Gasteiger partial charge in [0.25, 0.3) is 0 Å². The van der Waals surface area contributed by atoms with Crippen molar-refractivity contribution in [1.82, 2.24) is 4.90 Å².